The maximum absolute atomic E-state index is 13.5. The zero-order valence-electron chi connectivity index (χ0n) is 22.2. The molecule has 43 heavy (non-hydrogen) atoms. The Morgan fingerprint density at radius 3 is 2.35 bits per heavy atom. The van der Waals surface area contributed by atoms with Crippen molar-refractivity contribution in [2.24, 2.45) is 9.50 Å². The van der Waals surface area contributed by atoms with Gasteiger partial charge in [0.2, 0.25) is 0 Å². The van der Waals surface area contributed by atoms with Crippen molar-refractivity contribution in [1.29, 1.82) is 0 Å². The minimum Gasteiger partial charge on any atom is -0.362 e. The fraction of sp³-hybridized carbons (Fsp3) is 0.0667. The summed E-state index contributed by atoms with van der Waals surface area (Å²) >= 11 is 7.12. The van der Waals surface area contributed by atoms with Gasteiger partial charge in [0.05, 0.1) is 26.1 Å². The lowest BCUT2D eigenvalue weighted by Crippen LogP contribution is -2.50. The Hall–Kier alpha value is -4.33. The van der Waals surface area contributed by atoms with Crippen molar-refractivity contribution in [2.45, 2.75) is 15.9 Å². The van der Waals surface area contributed by atoms with E-state index in [1.54, 1.807) is 40.1 Å². The number of hydrogen-bond acceptors (Lipinski definition) is 7. The van der Waals surface area contributed by atoms with Crippen molar-refractivity contribution < 1.29 is 8.42 Å². The van der Waals surface area contributed by atoms with Crippen LogP contribution in [-0.4, -0.2) is 51.1 Å². The third-order valence-electron chi connectivity index (χ3n) is 6.93. The van der Waals surface area contributed by atoms with E-state index in [4.69, 9.17) is 4.98 Å². The molecule has 0 fully saturated rings. The Labute approximate surface area is 264 Å². The van der Waals surface area contributed by atoms with Crippen LogP contribution in [0.15, 0.2) is 122 Å². The molecule has 2 N–H and O–H groups in total. The molecule has 2 unspecified atom stereocenters. The number of sulfonamides is 1. The summed E-state index contributed by atoms with van der Waals surface area (Å²) in [5.41, 5.74) is 4.72. The molecule has 7 rings (SSSR count). The monoisotopic (exact) mass is 716 g/mol. The van der Waals surface area contributed by atoms with Gasteiger partial charge >= 0.3 is 0 Å². The minimum absolute atomic E-state index is 0.0561. The van der Waals surface area contributed by atoms with Crippen molar-refractivity contribution in [1.82, 2.24) is 24.9 Å². The van der Waals surface area contributed by atoms with Gasteiger partial charge in [-0.3, -0.25) is 0 Å². The van der Waals surface area contributed by atoms with E-state index >= 15 is 0 Å². The van der Waals surface area contributed by atoms with Crippen LogP contribution in [0.5, 0.6) is 0 Å². The van der Waals surface area contributed by atoms with Crippen LogP contribution >= 0.6 is 31.9 Å². The van der Waals surface area contributed by atoms with Gasteiger partial charge < -0.3 is 10.6 Å². The molecule has 2 aromatic heterocycles. The molecule has 0 aliphatic carbocycles. The van der Waals surface area contributed by atoms with Crippen LogP contribution in [-0.2, 0) is 10.0 Å². The van der Waals surface area contributed by atoms with E-state index < -0.39 is 10.0 Å². The number of hydrogen-bond donors (Lipinski definition) is 2. The number of halogens is 2. The molecular formula is C30H22Br2N8O2S. The van der Waals surface area contributed by atoms with E-state index in [1.807, 2.05) is 66.7 Å². The largest absolute Gasteiger partial charge is 0.362 e. The quantitative estimate of drug-likeness (QED) is 0.206. The highest BCUT2D eigenvalue weighted by molar-refractivity contribution is 9.10. The number of aromatic nitrogens is 3. The molecule has 2 atom stereocenters. The van der Waals surface area contributed by atoms with E-state index in [-0.39, 0.29) is 21.7 Å². The van der Waals surface area contributed by atoms with Crippen molar-refractivity contribution in [3.8, 4) is 11.3 Å². The number of nitrogens with one attached hydrogen (secondary N) is 2. The first-order valence-corrected chi connectivity index (χ1v) is 16.3. The second-order valence-electron chi connectivity index (χ2n) is 9.76. The number of amidine groups is 1. The molecule has 10 nitrogen and oxygen atoms in total. The molecule has 2 aliphatic rings. The average Bonchev–Trinajstić information content (AvgIpc) is 3.60. The van der Waals surface area contributed by atoms with Gasteiger partial charge in [0.1, 0.15) is 12.0 Å². The highest BCUT2D eigenvalue weighted by Gasteiger charge is 2.36. The predicted octanol–water partition coefficient (Wildman–Crippen LogP) is 6.02. The van der Waals surface area contributed by atoms with Gasteiger partial charge in [0, 0.05) is 35.3 Å². The number of hydrazone groups is 1. The lowest BCUT2D eigenvalue weighted by molar-refractivity contribution is 0.337. The number of anilines is 2. The molecule has 4 heterocycles. The molecule has 2 aliphatic heterocycles. The van der Waals surface area contributed by atoms with E-state index in [2.05, 4.69) is 57.1 Å². The molecule has 0 saturated carbocycles. The molecule has 0 saturated heterocycles. The number of rotatable bonds is 6. The van der Waals surface area contributed by atoms with Crippen LogP contribution in [0.1, 0.15) is 5.56 Å². The Bertz CT molecular complexity index is 2030. The van der Waals surface area contributed by atoms with Crippen LogP contribution in [0.2, 0.25) is 0 Å². The Kier molecular flexibility index (Phi) is 7.07. The lowest BCUT2D eigenvalue weighted by atomic mass is 10.1. The van der Waals surface area contributed by atoms with Crippen molar-refractivity contribution >= 4 is 76.8 Å². The van der Waals surface area contributed by atoms with E-state index in [0.717, 1.165) is 27.0 Å². The minimum atomic E-state index is -4.06. The summed E-state index contributed by atoms with van der Waals surface area (Å²) in [6.45, 7) is 0. The van der Waals surface area contributed by atoms with Crippen LogP contribution in [0.4, 0.5) is 11.5 Å². The Morgan fingerprint density at radius 1 is 0.930 bits per heavy atom. The summed E-state index contributed by atoms with van der Waals surface area (Å²) in [5.74, 6) is 0.890. The van der Waals surface area contributed by atoms with Crippen molar-refractivity contribution in [2.75, 3.05) is 5.32 Å². The first kappa shape index (κ1) is 27.5. The van der Waals surface area contributed by atoms with E-state index in [9.17, 15) is 8.42 Å². The maximum Gasteiger partial charge on any atom is 0.284 e. The van der Waals surface area contributed by atoms with Gasteiger partial charge in [0.25, 0.3) is 10.0 Å². The molecular weight excluding hydrogens is 696 g/mol. The molecule has 5 aromatic rings. The topological polar surface area (TPSA) is 116 Å². The second kappa shape index (κ2) is 11.1. The fourth-order valence-corrected chi connectivity index (χ4v) is 6.61. The van der Waals surface area contributed by atoms with Gasteiger partial charge in [-0.05, 0) is 45.8 Å². The third kappa shape index (κ3) is 5.35. The Balaban J connectivity index is 1.20. The van der Waals surface area contributed by atoms with Gasteiger partial charge in [-0.25, -0.2) is 9.99 Å². The van der Waals surface area contributed by atoms with Crippen LogP contribution in [0.25, 0.3) is 22.6 Å². The normalized spacial score (nSPS) is 18.9. The van der Waals surface area contributed by atoms with Crippen LogP contribution in [0, 0.1) is 0 Å². The molecule has 214 valence electrons. The maximum atomic E-state index is 13.5. The molecule has 0 radical (unpaired) electrons. The standard InChI is InChI=1S/C30H22Br2N8O2S/c31-23-17-33-39-27(15-25(36-29(23)39)19-7-3-1-4-8-19)35-21-11-13-22(14-12-21)43(41,42)38-28-16-26(20-9-5-2-6-10-20)37-30-24(32)18-34-40(28)30/h1-18,24,30,35,37H/b38-28-. The highest BCUT2D eigenvalue weighted by atomic mass is 79.9. The van der Waals surface area contributed by atoms with E-state index in [1.165, 1.54) is 12.1 Å². The van der Waals surface area contributed by atoms with Crippen LogP contribution < -0.4 is 10.6 Å². The fourth-order valence-electron chi connectivity index (χ4n) is 4.83. The van der Waals surface area contributed by atoms with Gasteiger partial charge in [-0.1, -0.05) is 76.6 Å². The first-order chi connectivity index (χ1) is 20.9. The lowest BCUT2D eigenvalue weighted by Gasteiger charge is -2.32. The molecule has 0 amide bonds. The second-order valence-corrected chi connectivity index (χ2v) is 13.3. The molecule has 0 spiro atoms. The first-order valence-electron chi connectivity index (χ1n) is 13.2. The van der Waals surface area contributed by atoms with Crippen molar-refractivity contribution in [3.05, 3.63) is 113 Å². The summed E-state index contributed by atoms with van der Waals surface area (Å²) in [5, 5.41) is 17.1. The molecule has 0 bridgehead atoms. The molecule has 13 heteroatoms. The summed E-state index contributed by atoms with van der Waals surface area (Å²) in [6.07, 6.45) is 4.77. The average molecular weight is 718 g/mol. The zero-order valence-corrected chi connectivity index (χ0v) is 26.2. The SMILES string of the molecule is O=S(=O)(/N=C1/C=C(c2ccccc2)NC2C(Br)C=NN12)c1ccc(Nc2cc(-c3ccccc3)nc3c(Br)cnn23)cc1. The van der Waals surface area contributed by atoms with Gasteiger partial charge in [0.15, 0.2) is 11.5 Å². The third-order valence-corrected chi connectivity index (χ3v) is 9.52. The van der Waals surface area contributed by atoms with Gasteiger partial charge in [-0.15, -0.1) is 4.40 Å². The summed E-state index contributed by atoms with van der Waals surface area (Å²) in [7, 11) is -4.06. The van der Waals surface area contributed by atoms with Crippen molar-refractivity contribution in [3.63, 3.8) is 0 Å². The number of alkyl halides is 1. The smallest absolute Gasteiger partial charge is 0.284 e. The predicted molar refractivity (Wildman–Crippen MR) is 175 cm³/mol. The van der Waals surface area contributed by atoms with E-state index in [0.29, 0.717) is 17.2 Å². The van der Waals surface area contributed by atoms with Gasteiger partial charge in [-0.2, -0.15) is 23.1 Å². The Morgan fingerprint density at radius 2 is 1.63 bits per heavy atom. The molecule has 3 aromatic carbocycles. The zero-order chi connectivity index (χ0) is 29.6. The number of fused-ring (bicyclic) bond motifs is 2. The number of nitrogens with zero attached hydrogens (tertiary/aromatic N) is 6. The summed E-state index contributed by atoms with van der Waals surface area (Å²) in [6, 6.07) is 27.9. The number of benzene rings is 3. The summed E-state index contributed by atoms with van der Waals surface area (Å²) < 4.78 is 33.6. The van der Waals surface area contributed by atoms with Crippen LogP contribution in [0.3, 0.4) is 0 Å². The highest BCUT2D eigenvalue weighted by Crippen LogP contribution is 2.30. The summed E-state index contributed by atoms with van der Waals surface area (Å²) in [4.78, 5) is 4.68.